The number of hydrogen-bond acceptors (Lipinski definition) is 6. The molecule has 0 radical (unpaired) electrons. The number of nitriles is 1. The van der Waals surface area contributed by atoms with Crippen molar-refractivity contribution in [3.05, 3.63) is 59.7 Å². The van der Waals surface area contributed by atoms with Gasteiger partial charge in [0.2, 0.25) is 5.91 Å². The van der Waals surface area contributed by atoms with Crippen LogP contribution in [-0.4, -0.2) is 53.9 Å². The van der Waals surface area contributed by atoms with Crippen molar-refractivity contribution in [1.29, 1.82) is 5.26 Å². The third kappa shape index (κ3) is 3.84. The number of nitrogens with zero attached hydrogens (tertiary/aromatic N) is 8. The number of benzene rings is 1. The zero-order chi connectivity index (χ0) is 18.6. The first kappa shape index (κ1) is 16.9. The molecular weight excluding hydrogens is 344 g/mol. The fourth-order valence-corrected chi connectivity index (χ4v) is 3.02. The summed E-state index contributed by atoms with van der Waals surface area (Å²) in [7, 11) is 0. The monoisotopic (exact) mass is 362 g/mol. The summed E-state index contributed by atoms with van der Waals surface area (Å²) in [6.45, 7) is 1.77. The van der Waals surface area contributed by atoms with Gasteiger partial charge in [0.25, 0.3) is 0 Å². The molecule has 1 saturated heterocycles. The molecule has 0 N–H and O–H groups in total. The van der Waals surface area contributed by atoms with Crippen molar-refractivity contribution in [2.24, 2.45) is 0 Å². The average Bonchev–Trinajstić information content (AvgIpc) is 3.32. The Bertz CT molecular complexity index is 948. The second kappa shape index (κ2) is 7.37. The van der Waals surface area contributed by atoms with E-state index in [0.29, 0.717) is 38.0 Å². The largest absolute Gasteiger partial charge is 0.338 e. The highest BCUT2D eigenvalue weighted by Gasteiger charge is 2.32. The summed E-state index contributed by atoms with van der Waals surface area (Å²) in [5.41, 5.74) is 2.48. The molecule has 3 aromatic rings. The zero-order valence-corrected chi connectivity index (χ0v) is 14.6. The molecule has 136 valence electrons. The lowest BCUT2D eigenvalue weighted by molar-refractivity contribution is -0.137. The first-order valence-electron chi connectivity index (χ1n) is 8.73. The smallest absolute Gasteiger partial charge is 0.223 e. The Morgan fingerprint density at radius 1 is 1.19 bits per heavy atom. The van der Waals surface area contributed by atoms with Gasteiger partial charge in [0.05, 0.1) is 36.3 Å². The van der Waals surface area contributed by atoms with E-state index in [9.17, 15) is 4.79 Å². The normalized spacial score (nSPS) is 14.0. The van der Waals surface area contributed by atoms with Crippen LogP contribution in [0.3, 0.4) is 0 Å². The lowest BCUT2D eigenvalue weighted by atomic mass is 10.0. The molecule has 4 rings (SSSR count). The molecule has 0 spiro atoms. The fraction of sp³-hybridized carbons (Fsp3) is 0.333. The maximum atomic E-state index is 12.3. The molecule has 0 atom stereocenters. The molecular formula is C18H18N8O. The molecule has 0 saturated carbocycles. The third-order valence-corrected chi connectivity index (χ3v) is 4.63. The van der Waals surface area contributed by atoms with Crippen molar-refractivity contribution >= 4 is 5.91 Å². The van der Waals surface area contributed by atoms with Gasteiger partial charge < -0.3 is 4.90 Å². The lowest BCUT2D eigenvalue weighted by Gasteiger charge is -2.39. The van der Waals surface area contributed by atoms with E-state index in [1.807, 2.05) is 27.9 Å². The van der Waals surface area contributed by atoms with E-state index in [0.717, 1.165) is 11.3 Å². The molecule has 9 heteroatoms. The lowest BCUT2D eigenvalue weighted by Crippen LogP contribution is -2.51. The Morgan fingerprint density at radius 2 is 1.93 bits per heavy atom. The molecule has 0 unspecified atom stereocenters. The molecule has 1 fully saturated rings. The number of hydrogen-bond donors (Lipinski definition) is 0. The highest BCUT2D eigenvalue weighted by Crippen LogP contribution is 2.21. The van der Waals surface area contributed by atoms with Crippen molar-refractivity contribution in [2.45, 2.75) is 25.4 Å². The second-order valence-electron chi connectivity index (χ2n) is 6.51. The molecule has 0 aliphatic carbocycles. The summed E-state index contributed by atoms with van der Waals surface area (Å²) in [6.07, 6.45) is 6.27. The van der Waals surface area contributed by atoms with Gasteiger partial charge in [0, 0.05) is 19.5 Å². The topological polar surface area (TPSA) is 106 Å². The summed E-state index contributed by atoms with van der Waals surface area (Å²) < 4.78 is 1.81. The van der Waals surface area contributed by atoms with Crippen LogP contribution in [0.5, 0.6) is 0 Å². The number of aryl methyl sites for hydroxylation is 1. The van der Waals surface area contributed by atoms with Crippen LogP contribution in [0.4, 0.5) is 0 Å². The van der Waals surface area contributed by atoms with Crippen LogP contribution in [0.15, 0.2) is 42.9 Å². The maximum Gasteiger partial charge on any atom is 0.223 e. The second-order valence-corrected chi connectivity index (χ2v) is 6.51. The van der Waals surface area contributed by atoms with E-state index < -0.39 is 0 Å². The summed E-state index contributed by atoms with van der Waals surface area (Å²) in [5.74, 6) is 0.136. The van der Waals surface area contributed by atoms with Crippen molar-refractivity contribution < 1.29 is 4.79 Å². The maximum absolute atomic E-state index is 12.3. The van der Waals surface area contributed by atoms with Gasteiger partial charge in [-0.2, -0.15) is 20.3 Å². The minimum absolute atomic E-state index is 0.136. The summed E-state index contributed by atoms with van der Waals surface area (Å²) in [4.78, 5) is 15.7. The molecule has 1 aromatic carbocycles. The molecule has 3 heterocycles. The highest BCUT2D eigenvalue weighted by molar-refractivity contribution is 5.77. The van der Waals surface area contributed by atoms with E-state index in [1.165, 1.54) is 0 Å². The summed E-state index contributed by atoms with van der Waals surface area (Å²) in [5, 5.41) is 25.2. The van der Waals surface area contributed by atoms with Crippen molar-refractivity contribution in [1.82, 2.24) is 34.9 Å². The molecule has 9 nitrogen and oxygen atoms in total. The number of likely N-dealkylation sites (tertiary alicyclic amines) is 1. The van der Waals surface area contributed by atoms with Crippen molar-refractivity contribution in [3.63, 3.8) is 0 Å². The first-order valence-corrected chi connectivity index (χ1v) is 8.73. The van der Waals surface area contributed by atoms with E-state index in [2.05, 4.69) is 26.6 Å². The van der Waals surface area contributed by atoms with Crippen LogP contribution >= 0.6 is 0 Å². The van der Waals surface area contributed by atoms with E-state index in [-0.39, 0.29) is 11.9 Å². The van der Waals surface area contributed by atoms with Gasteiger partial charge in [-0.3, -0.25) is 4.79 Å². The summed E-state index contributed by atoms with van der Waals surface area (Å²) in [6, 6.07) is 9.61. The van der Waals surface area contributed by atoms with Crippen molar-refractivity contribution in [2.75, 3.05) is 13.1 Å². The standard InChI is InChI=1S/C18H18N8O/c19-9-15-3-1-14(2-4-15)5-6-18(27)24-12-17(13-24)25-10-16(22-23-25)11-26-20-7-8-21-26/h1-4,7-8,10,17H,5-6,11-13H2. The van der Waals surface area contributed by atoms with Gasteiger partial charge in [0.15, 0.2) is 0 Å². The minimum atomic E-state index is 0.136. The van der Waals surface area contributed by atoms with Gasteiger partial charge in [-0.15, -0.1) is 5.10 Å². The van der Waals surface area contributed by atoms with Crippen LogP contribution in [0, 0.1) is 11.3 Å². The Hall–Kier alpha value is -3.54. The zero-order valence-electron chi connectivity index (χ0n) is 14.6. The van der Waals surface area contributed by atoms with Crippen LogP contribution < -0.4 is 0 Å². The van der Waals surface area contributed by atoms with Gasteiger partial charge in [0.1, 0.15) is 12.2 Å². The molecule has 1 aliphatic heterocycles. The predicted octanol–water partition coefficient (Wildman–Crippen LogP) is 0.806. The highest BCUT2D eigenvalue weighted by atomic mass is 16.2. The average molecular weight is 362 g/mol. The SMILES string of the molecule is N#Cc1ccc(CCC(=O)N2CC(n3cc(Cn4nccn4)nn3)C2)cc1. The molecule has 0 bridgehead atoms. The number of carbonyl (C=O) groups is 1. The Balaban J connectivity index is 1.24. The fourth-order valence-electron chi connectivity index (χ4n) is 3.02. The van der Waals surface area contributed by atoms with Gasteiger partial charge >= 0.3 is 0 Å². The van der Waals surface area contributed by atoms with E-state index in [4.69, 9.17) is 5.26 Å². The van der Waals surface area contributed by atoms with Crippen LogP contribution in [0.25, 0.3) is 0 Å². The molecule has 2 aromatic heterocycles. The number of carbonyl (C=O) groups excluding carboxylic acids is 1. The molecule has 1 amide bonds. The van der Waals surface area contributed by atoms with Crippen molar-refractivity contribution in [3.8, 4) is 6.07 Å². The number of aromatic nitrogens is 6. The van der Waals surface area contributed by atoms with Crippen LogP contribution in [-0.2, 0) is 17.8 Å². The first-order chi connectivity index (χ1) is 13.2. The predicted molar refractivity (Wildman–Crippen MR) is 94.2 cm³/mol. The van der Waals surface area contributed by atoms with E-state index >= 15 is 0 Å². The van der Waals surface area contributed by atoms with Gasteiger partial charge in [-0.1, -0.05) is 17.3 Å². The van der Waals surface area contributed by atoms with Crippen LogP contribution in [0.1, 0.15) is 29.3 Å². The number of amides is 1. The van der Waals surface area contributed by atoms with Gasteiger partial charge in [-0.05, 0) is 24.1 Å². The van der Waals surface area contributed by atoms with Crippen LogP contribution in [0.2, 0.25) is 0 Å². The quantitative estimate of drug-likeness (QED) is 0.642. The van der Waals surface area contributed by atoms with E-state index in [1.54, 1.807) is 29.3 Å². The number of rotatable bonds is 6. The van der Waals surface area contributed by atoms with Gasteiger partial charge in [-0.25, -0.2) is 4.68 Å². The minimum Gasteiger partial charge on any atom is -0.338 e. The Labute approximate surface area is 155 Å². The molecule has 1 aliphatic rings. The Kier molecular flexibility index (Phi) is 4.61. The third-order valence-electron chi connectivity index (χ3n) is 4.63. The molecule has 27 heavy (non-hydrogen) atoms. The Morgan fingerprint density at radius 3 is 2.63 bits per heavy atom. The summed E-state index contributed by atoms with van der Waals surface area (Å²) >= 11 is 0.